The summed E-state index contributed by atoms with van der Waals surface area (Å²) in [5.41, 5.74) is 1.71. The molecule has 0 spiro atoms. The number of alkyl halides is 1. The fourth-order valence-electron chi connectivity index (χ4n) is 1.90. The number of aromatic nitrogens is 3. The van der Waals surface area contributed by atoms with Gasteiger partial charge in [0.1, 0.15) is 11.3 Å². The highest BCUT2D eigenvalue weighted by molar-refractivity contribution is 6.20. The van der Waals surface area contributed by atoms with Gasteiger partial charge in [-0.1, -0.05) is 0 Å². The van der Waals surface area contributed by atoms with Crippen molar-refractivity contribution in [2.75, 3.05) is 26.9 Å². The van der Waals surface area contributed by atoms with Crippen molar-refractivity contribution in [3.05, 3.63) is 24.2 Å². The molecule has 6 heteroatoms. The third-order valence-electron chi connectivity index (χ3n) is 2.78. The molecule has 0 aromatic carbocycles. The van der Waals surface area contributed by atoms with Crippen molar-refractivity contribution in [3.63, 3.8) is 0 Å². The minimum atomic E-state index is -0.159. The minimum Gasteiger partial charge on any atom is -0.382 e. The molecule has 0 aliphatic rings. The molecule has 104 valence electrons. The maximum absolute atomic E-state index is 6.17. The number of fused-ring (bicyclic) bond motifs is 1. The second kappa shape index (κ2) is 6.84. The van der Waals surface area contributed by atoms with Crippen LogP contribution in [0.25, 0.3) is 11.2 Å². The number of imidazole rings is 1. The molecule has 0 fully saturated rings. The quantitative estimate of drug-likeness (QED) is 0.578. The topological polar surface area (TPSA) is 49.2 Å². The summed E-state index contributed by atoms with van der Waals surface area (Å²) < 4.78 is 12.4. The van der Waals surface area contributed by atoms with E-state index in [1.165, 1.54) is 0 Å². The van der Waals surface area contributed by atoms with Crippen LogP contribution in [-0.4, -0.2) is 41.5 Å². The Balaban J connectivity index is 2.13. The SMILES string of the molecule is COCCOCCn1c(C(C)Cl)nc2cccnc21. The second-order valence-corrected chi connectivity index (χ2v) is 4.84. The van der Waals surface area contributed by atoms with E-state index in [4.69, 9.17) is 21.1 Å². The largest absolute Gasteiger partial charge is 0.382 e. The van der Waals surface area contributed by atoms with Gasteiger partial charge in [-0.25, -0.2) is 9.97 Å². The van der Waals surface area contributed by atoms with Crippen LogP contribution >= 0.6 is 11.6 Å². The zero-order valence-corrected chi connectivity index (χ0v) is 11.9. The smallest absolute Gasteiger partial charge is 0.160 e. The van der Waals surface area contributed by atoms with E-state index < -0.39 is 0 Å². The number of methoxy groups -OCH3 is 1. The van der Waals surface area contributed by atoms with E-state index in [9.17, 15) is 0 Å². The first-order valence-electron chi connectivity index (χ1n) is 6.26. The van der Waals surface area contributed by atoms with E-state index in [1.54, 1.807) is 13.3 Å². The summed E-state index contributed by atoms with van der Waals surface area (Å²) in [4.78, 5) is 8.88. The van der Waals surface area contributed by atoms with Gasteiger partial charge in [0.25, 0.3) is 0 Å². The monoisotopic (exact) mass is 283 g/mol. The fourth-order valence-corrected chi connectivity index (χ4v) is 2.07. The molecule has 0 aliphatic heterocycles. The van der Waals surface area contributed by atoms with Gasteiger partial charge in [0.05, 0.1) is 25.2 Å². The molecule has 0 saturated heterocycles. The van der Waals surface area contributed by atoms with Crippen LogP contribution in [-0.2, 0) is 16.0 Å². The molecule has 2 aromatic rings. The highest BCUT2D eigenvalue weighted by Crippen LogP contribution is 2.22. The van der Waals surface area contributed by atoms with Crippen molar-refractivity contribution in [1.29, 1.82) is 0 Å². The molecule has 0 N–H and O–H groups in total. The maximum Gasteiger partial charge on any atom is 0.160 e. The summed E-state index contributed by atoms with van der Waals surface area (Å²) in [6.45, 7) is 4.36. The summed E-state index contributed by atoms with van der Waals surface area (Å²) in [6, 6.07) is 3.81. The molecular weight excluding hydrogens is 266 g/mol. The van der Waals surface area contributed by atoms with Crippen LogP contribution in [0.3, 0.4) is 0 Å². The van der Waals surface area contributed by atoms with E-state index in [-0.39, 0.29) is 5.38 Å². The Morgan fingerprint density at radius 1 is 1.37 bits per heavy atom. The first-order valence-corrected chi connectivity index (χ1v) is 6.69. The Labute approximate surface area is 117 Å². The molecule has 1 atom stereocenters. The zero-order valence-electron chi connectivity index (χ0n) is 11.2. The van der Waals surface area contributed by atoms with Crippen molar-refractivity contribution in [2.45, 2.75) is 18.8 Å². The van der Waals surface area contributed by atoms with E-state index in [2.05, 4.69) is 9.97 Å². The van der Waals surface area contributed by atoms with E-state index >= 15 is 0 Å². The molecule has 0 radical (unpaired) electrons. The standard InChI is InChI=1S/C13H18ClN3O2/c1-10(14)12-16-11-4-3-5-15-13(11)17(12)6-7-19-9-8-18-2/h3-5,10H,6-9H2,1-2H3. The average molecular weight is 284 g/mol. The van der Waals surface area contributed by atoms with Crippen molar-refractivity contribution in [3.8, 4) is 0 Å². The Morgan fingerprint density at radius 3 is 2.95 bits per heavy atom. The minimum absolute atomic E-state index is 0.159. The Kier molecular flexibility index (Phi) is 5.13. The molecule has 5 nitrogen and oxygen atoms in total. The van der Waals surface area contributed by atoms with Crippen molar-refractivity contribution in [2.24, 2.45) is 0 Å². The van der Waals surface area contributed by atoms with Gasteiger partial charge in [0.15, 0.2) is 5.65 Å². The van der Waals surface area contributed by atoms with Crippen LogP contribution in [0.5, 0.6) is 0 Å². The summed E-state index contributed by atoms with van der Waals surface area (Å²) in [7, 11) is 1.66. The van der Waals surface area contributed by atoms with Gasteiger partial charge < -0.3 is 14.0 Å². The number of nitrogens with zero attached hydrogens (tertiary/aromatic N) is 3. The normalized spacial score (nSPS) is 13.0. The van der Waals surface area contributed by atoms with Crippen LogP contribution in [0.15, 0.2) is 18.3 Å². The number of hydrogen-bond acceptors (Lipinski definition) is 4. The Hall–Kier alpha value is -1.17. The molecule has 2 heterocycles. The Bertz CT molecular complexity index is 528. The third kappa shape index (κ3) is 3.43. The average Bonchev–Trinajstić information content (AvgIpc) is 2.78. The number of rotatable bonds is 7. The first kappa shape index (κ1) is 14.2. The molecule has 1 unspecified atom stereocenters. The van der Waals surface area contributed by atoms with Gasteiger partial charge in [0.2, 0.25) is 0 Å². The summed E-state index contributed by atoms with van der Waals surface area (Å²) in [5.74, 6) is 0.825. The number of ether oxygens (including phenoxy) is 2. The Morgan fingerprint density at radius 2 is 2.21 bits per heavy atom. The van der Waals surface area contributed by atoms with Gasteiger partial charge >= 0.3 is 0 Å². The lowest BCUT2D eigenvalue weighted by molar-refractivity contribution is 0.0666. The predicted octanol–water partition coefficient (Wildman–Crippen LogP) is 2.39. The molecule has 19 heavy (non-hydrogen) atoms. The molecule has 0 bridgehead atoms. The first-order chi connectivity index (χ1) is 9.24. The van der Waals surface area contributed by atoms with Crippen LogP contribution in [0.2, 0.25) is 0 Å². The lowest BCUT2D eigenvalue weighted by Crippen LogP contribution is -2.12. The van der Waals surface area contributed by atoms with E-state index in [0.29, 0.717) is 26.4 Å². The third-order valence-corrected chi connectivity index (χ3v) is 2.98. The lowest BCUT2D eigenvalue weighted by atomic mass is 10.4. The second-order valence-electron chi connectivity index (χ2n) is 4.19. The summed E-state index contributed by atoms with van der Waals surface area (Å²) in [6.07, 6.45) is 1.76. The molecule has 2 aromatic heterocycles. The van der Waals surface area contributed by atoms with Gasteiger partial charge in [-0.2, -0.15) is 0 Å². The van der Waals surface area contributed by atoms with Crippen molar-refractivity contribution >= 4 is 22.8 Å². The molecular formula is C13H18ClN3O2. The summed E-state index contributed by atoms with van der Waals surface area (Å²) in [5, 5.41) is -0.159. The predicted molar refractivity (Wildman–Crippen MR) is 74.5 cm³/mol. The van der Waals surface area contributed by atoms with Crippen molar-refractivity contribution in [1.82, 2.24) is 14.5 Å². The highest BCUT2D eigenvalue weighted by Gasteiger charge is 2.15. The molecule has 0 saturated carbocycles. The lowest BCUT2D eigenvalue weighted by Gasteiger charge is -2.10. The zero-order chi connectivity index (χ0) is 13.7. The fraction of sp³-hybridized carbons (Fsp3) is 0.538. The van der Waals surface area contributed by atoms with E-state index in [0.717, 1.165) is 17.0 Å². The van der Waals surface area contributed by atoms with Gasteiger partial charge in [0, 0.05) is 19.9 Å². The number of pyridine rings is 1. The highest BCUT2D eigenvalue weighted by atomic mass is 35.5. The van der Waals surface area contributed by atoms with Crippen LogP contribution in [0.4, 0.5) is 0 Å². The van der Waals surface area contributed by atoms with Crippen LogP contribution < -0.4 is 0 Å². The number of hydrogen-bond donors (Lipinski definition) is 0. The molecule has 0 amide bonds. The van der Waals surface area contributed by atoms with Crippen molar-refractivity contribution < 1.29 is 9.47 Å². The van der Waals surface area contributed by atoms with E-state index in [1.807, 2.05) is 23.6 Å². The maximum atomic E-state index is 6.17. The molecule has 0 aliphatic carbocycles. The van der Waals surface area contributed by atoms with Crippen LogP contribution in [0.1, 0.15) is 18.1 Å². The number of halogens is 1. The van der Waals surface area contributed by atoms with Gasteiger partial charge in [-0.05, 0) is 19.1 Å². The summed E-state index contributed by atoms with van der Waals surface area (Å²) >= 11 is 6.17. The molecule has 2 rings (SSSR count). The van der Waals surface area contributed by atoms with Crippen LogP contribution in [0, 0.1) is 0 Å². The van der Waals surface area contributed by atoms with Gasteiger partial charge in [-0.15, -0.1) is 11.6 Å². The van der Waals surface area contributed by atoms with Gasteiger partial charge in [-0.3, -0.25) is 0 Å².